The maximum absolute atomic E-state index is 12.3. The maximum Gasteiger partial charge on any atom is 0.409 e. The number of benzene rings is 1. The van der Waals surface area contributed by atoms with Crippen molar-refractivity contribution in [3.63, 3.8) is 0 Å². The Bertz CT molecular complexity index is 710. The first kappa shape index (κ1) is 19.2. The van der Waals surface area contributed by atoms with E-state index in [0.29, 0.717) is 45.6 Å². The fourth-order valence-corrected chi connectivity index (χ4v) is 3.12. The first-order chi connectivity index (χ1) is 11.8. The van der Waals surface area contributed by atoms with Gasteiger partial charge in [-0.3, -0.25) is 4.79 Å². The zero-order valence-electron chi connectivity index (χ0n) is 14.2. The third kappa shape index (κ3) is 5.43. The molecular formula is C16H23N3O5S. The zero-order valence-corrected chi connectivity index (χ0v) is 15.0. The van der Waals surface area contributed by atoms with Crippen LogP contribution in [0.4, 0.5) is 4.79 Å². The van der Waals surface area contributed by atoms with Crippen molar-refractivity contribution in [1.29, 1.82) is 0 Å². The van der Waals surface area contributed by atoms with Crippen LogP contribution < -0.4 is 5.14 Å². The predicted octanol–water partition coefficient (Wildman–Crippen LogP) is 0.567. The van der Waals surface area contributed by atoms with E-state index in [1.165, 1.54) is 12.1 Å². The van der Waals surface area contributed by atoms with Gasteiger partial charge in [-0.1, -0.05) is 12.1 Å². The second kappa shape index (κ2) is 8.30. The van der Waals surface area contributed by atoms with Crippen LogP contribution >= 0.6 is 0 Å². The van der Waals surface area contributed by atoms with Crippen molar-refractivity contribution >= 4 is 22.0 Å². The number of sulfonamides is 1. The first-order valence-electron chi connectivity index (χ1n) is 8.12. The van der Waals surface area contributed by atoms with Crippen LogP contribution in [0.15, 0.2) is 29.2 Å². The summed E-state index contributed by atoms with van der Waals surface area (Å²) in [5.41, 5.74) is 0.867. The number of carbonyl (C=O) groups is 2. The molecule has 0 bridgehead atoms. The molecule has 0 atom stereocenters. The van der Waals surface area contributed by atoms with E-state index in [4.69, 9.17) is 9.88 Å². The van der Waals surface area contributed by atoms with Crippen LogP contribution in [0.1, 0.15) is 18.9 Å². The molecule has 9 heteroatoms. The number of nitrogens with zero attached hydrogens (tertiary/aromatic N) is 2. The van der Waals surface area contributed by atoms with Gasteiger partial charge in [0.15, 0.2) is 0 Å². The molecule has 0 aliphatic carbocycles. The van der Waals surface area contributed by atoms with Crippen LogP contribution in [0.5, 0.6) is 0 Å². The topological polar surface area (TPSA) is 110 Å². The molecule has 0 saturated carbocycles. The van der Waals surface area contributed by atoms with Crippen LogP contribution in [0, 0.1) is 0 Å². The fraction of sp³-hybridized carbons (Fsp3) is 0.500. The molecule has 2 amide bonds. The standard InChI is InChI=1S/C16H23N3O5S/c1-2-24-16(21)19-11-9-18(10-12-19)15(20)8-5-13-3-6-14(7-4-13)25(17,22)23/h3-4,6-7H,2,5,8-12H2,1H3,(H2,17,22,23). The van der Waals surface area contributed by atoms with Crippen molar-refractivity contribution in [2.24, 2.45) is 5.14 Å². The minimum Gasteiger partial charge on any atom is -0.450 e. The number of rotatable bonds is 5. The average molecular weight is 369 g/mol. The number of ether oxygens (including phenoxy) is 1. The normalized spacial score (nSPS) is 15.1. The molecule has 1 aliphatic rings. The summed E-state index contributed by atoms with van der Waals surface area (Å²) in [4.78, 5) is 27.3. The first-order valence-corrected chi connectivity index (χ1v) is 9.67. The van der Waals surface area contributed by atoms with E-state index >= 15 is 0 Å². The SMILES string of the molecule is CCOC(=O)N1CCN(C(=O)CCc2ccc(S(N)(=O)=O)cc2)CC1. The Balaban J connectivity index is 1.80. The number of amides is 2. The molecule has 25 heavy (non-hydrogen) atoms. The summed E-state index contributed by atoms with van der Waals surface area (Å²) in [7, 11) is -3.70. The monoisotopic (exact) mass is 369 g/mol. The highest BCUT2D eigenvalue weighted by Gasteiger charge is 2.24. The van der Waals surface area contributed by atoms with E-state index in [1.54, 1.807) is 28.9 Å². The van der Waals surface area contributed by atoms with Crippen LogP contribution in [0.3, 0.4) is 0 Å². The molecule has 1 saturated heterocycles. The third-order valence-electron chi connectivity index (χ3n) is 4.04. The molecule has 1 fully saturated rings. The summed E-state index contributed by atoms with van der Waals surface area (Å²) in [5.74, 6) is 0.0130. The summed E-state index contributed by atoms with van der Waals surface area (Å²) in [6.07, 6.45) is 0.500. The largest absolute Gasteiger partial charge is 0.450 e. The molecule has 138 valence electrons. The Hall–Kier alpha value is -2.13. The minimum atomic E-state index is -3.70. The maximum atomic E-state index is 12.3. The highest BCUT2D eigenvalue weighted by Crippen LogP contribution is 2.12. The van der Waals surface area contributed by atoms with E-state index < -0.39 is 10.0 Å². The van der Waals surface area contributed by atoms with Crippen molar-refractivity contribution in [3.05, 3.63) is 29.8 Å². The summed E-state index contributed by atoms with van der Waals surface area (Å²) in [6, 6.07) is 6.19. The number of hydrogen-bond donors (Lipinski definition) is 1. The van der Waals surface area contributed by atoms with Gasteiger partial charge in [0.2, 0.25) is 15.9 Å². The van der Waals surface area contributed by atoms with E-state index in [9.17, 15) is 18.0 Å². The Kier molecular flexibility index (Phi) is 6.38. The lowest BCUT2D eigenvalue weighted by Crippen LogP contribution is -2.50. The molecule has 1 aromatic carbocycles. The minimum absolute atomic E-state index is 0.0130. The van der Waals surface area contributed by atoms with Gasteiger partial charge in [-0.2, -0.15) is 0 Å². The van der Waals surface area contributed by atoms with Gasteiger partial charge in [-0.25, -0.2) is 18.4 Å². The van der Waals surface area contributed by atoms with Crippen molar-refractivity contribution in [1.82, 2.24) is 9.80 Å². The molecular weight excluding hydrogens is 346 g/mol. The number of nitrogens with two attached hydrogens (primary N) is 1. The quantitative estimate of drug-likeness (QED) is 0.816. The Morgan fingerprint density at radius 1 is 1.08 bits per heavy atom. The van der Waals surface area contributed by atoms with E-state index in [0.717, 1.165) is 5.56 Å². The van der Waals surface area contributed by atoms with Crippen LogP contribution in [0.25, 0.3) is 0 Å². The average Bonchev–Trinajstić information content (AvgIpc) is 2.59. The van der Waals surface area contributed by atoms with Gasteiger partial charge in [0.1, 0.15) is 0 Å². The molecule has 0 aromatic heterocycles. The van der Waals surface area contributed by atoms with Gasteiger partial charge in [0, 0.05) is 32.6 Å². The number of primary sulfonamides is 1. The second-order valence-electron chi connectivity index (χ2n) is 5.76. The van der Waals surface area contributed by atoms with Gasteiger partial charge in [-0.15, -0.1) is 0 Å². The van der Waals surface area contributed by atoms with Crippen LogP contribution in [0.2, 0.25) is 0 Å². The number of aryl methyl sites for hydroxylation is 1. The van der Waals surface area contributed by atoms with Gasteiger partial charge in [0.25, 0.3) is 0 Å². The Labute approximate surface area is 147 Å². The predicted molar refractivity (Wildman–Crippen MR) is 91.3 cm³/mol. The van der Waals surface area contributed by atoms with Crippen LogP contribution in [-0.4, -0.2) is 63.0 Å². The lowest BCUT2D eigenvalue weighted by molar-refractivity contribution is -0.132. The molecule has 2 N–H and O–H groups in total. The molecule has 1 aromatic rings. The smallest absolute Gasteiger partial charge is 0.409 e. The Morgan fingerprint density at radius 3 is 2.16 bits per heavy atom. The van der Waals surface area contributed by atoms with Crippen molar-refractivity contribution in [2.75, 3.05) is 32.8 Å². The number of carbonyl (C=O) groups excluding carboxylic acids is 2. The molecule has 1 heterocycles. The van der Waals surface area contributed by atoms with Gasteiger partial charge in [-0.05, 0) is 31.0 Å². The van der Waals surface area contributed by atoms with Crippen molar-refractivity contribution < 1.29 is 22.7 Å². The highest BCUT2D eigenvalue weighted by molar-refractivity contribution is 7.89. The molecule has 8 nitrogen and oxygen atoms in total. The lowest BCUT2D eigenvalue weighted by atomic mass is 10.1. The molecule has 0 radical (unpaired) electrons. The number of hydrogen-bond acceptors (Lipinski definition) is 5. The van der Waals surface area contributed by atoms with Gasteiger partial charge < -0.3 is 14.5 Å². The fourth-order valence-electron chi connectivity index (χ4n) is 2.61. The second-order valence-corrected chi connectivity index (χ2v) is 7.32. The molecule has 0 spiro atoms. The summed E-state index contributed by atoms with van der Waals surface area (Å²) in [6.45, 7) is 4.00. The summed E-state index contributed by atoms with van der Waals surface area (Å²) >= 11 is 0. The Morgan fingerprint density at radius 2 is 1.64 bits per heavy atom. The van der Waals surface area contributed by atoms with E-state index in [-0.39, 0.29) is 16.9 Å². The molecule has 2 rings (SSSR count). The van der Waals surface area contributed by atoms with E-state index in [1.807, 2.05) is 0 Å². The summed E-state index contributed by atoms with van der Waals surface area (Å²) < 4.78 is 27.4. The van der Waals surface area contributed by atoms with Crippen LogP contribution in [-0.2, 0) is 26.0 Å². The summed E-state index contributed by atoms with van der Waals surface area (Å²) in [5, 5.41) is 5.05. The molecule has 0 unspecified atom stereocenters. The van der Waals surface area contributed by atoms with Gasteiger partial charge in [0.05, 0.1) is 11.5 Å². The zero-order chi connectivity index (χ0) is 18.4. The highest BCUT2D eigenvalue weighted by atomic mass is 32.2. The van der Waals surface area contributed by atoms with Gasteiger partial charge >= 0.3 is 6.09 Å². The lowest BCUT2D eigenvalue weighted by Gasteiger charge is -2.34. The van der Waals surface area contributed by atoms with E-state index in [2.05, 4.69) is 0 Å². The third-order valence-corrected chi connectivity index (χ3v) is 4.97. The van der Waals surface area contributed by atoms with Crippen molar-refractivity contribution in [2.45, 2.75) is 24.7 Å². The van der Waals surface area contributed by atoms with Crippen molar-refractivity contribution in [3.8, 4) is 0 Å². The number of piperazine rings is 1. The molecule has 1 aliphatic heterocycles.